The minimum absolute atomic E-state index is 1.39. The Bertz CT molecular complexity index is 72.6. The van der Waals surface area contributed by atoms with Gasteiger partial charge in [-0.1, -0.05) is 0 Å². The van der Waals surface area contributed by atoms with Crippen LogP contribution in [0.2, 0.25) is 16.1 Å². The van der Waals surface area contributed by atoms with Gasteiger partial charge in [-0.15, -0.1) is 0 Å². The molecule has 0 radical (unpaired) electrons. The van der Waals surface area contributed by atoms with Gasteiger partial charge in [-0.25, -0.2) is 0 Å². The third kappa shape index (κ3) is 1.99. The van der Waals surface area contributed by atoms with Crippen LogP contribution in [0.5, 0.6) is 0 Å². The number of rotatable bonds is 0. The molecule has 0 aromatic carbocycles. The molecule has 48 valence electrons. The van der Waals surface area contributed by atoms with Crippen LogP contribution in [0.1, 0.15) is 19.3 Å². The van der Waals surface area contributed by atoms with E-state index >= 15 is 0 Å². The molecule has 2 heteroatoms. The summed E-state index contributed by atoms with van der Waals surface area (Å²) in [5.41, 5.74) is 2.32. The monoisotopic (exact) mass is 195 g/mol. The zero-order valence-corrected chi connectivity index (χ0v) is 7.99. The fraction of sp³-hybridized carbons (Fsp3) is 1.00. The quantitative estimate of drug-likeness (QED) is 0.522. The molecule has 0 amide bonds. The fourth-order valence-electron chi connectivity index (χ4n) is 1.17. The number of hydrogen-bond acceptors (Lipinski definition) is 0. The van der Waals surface area contributed by atoms with Gasteiger partial charge in [0.2, 0.25) is 0 Å². The summed E-state index contributed by atoms with van der Waals surface area (Å²) in [7, 11) is 6.24. The molecule has 0 bridgehead atoms. The second-order valence-corrected chi connectivity index (χ2v) is 14.2. The van der Waals surface area contributed by atoms with Crippen LogP contribution in [0.25, 0.3) is 0 Å². The van der Waals surface area contributed by atoms with Gasteiger partial charge in [0.15, 0.2) is 0 Å². The van der Waals surface area contributed by atoms with Crippen molar-refractivity contribution < 1.29 is 0 Å². The molecular weight excluding hydrogens is 182 g/mol. The molecule has 0 aromatic rings. The van der Waals surface area contributed by atoms with Crippen LogP contribution in [0.3, 0.4) is 0 Å². The Morgan fingerprint density at radius 1 is 1.12 bits per heavy atom. The minimum atomic E-state index is -1.42. The van der Waals surface area contributed by atoms with E-state index < -0.39 is 12.6 Å². The van der Waals surface area contributed by atoms with Crippen molar-refractivity contribution >= 4 is 22.6 Å². The average Bonchev–Trinajstić information content (AvgIpc) is 1.65. The zero-order valence-electron chi connectivity index (χ0n) is 5.36. The molecule has 0 nitrogen and oxygen atoms in total. The van der Waals surface area contributed by atoms with E-state index in [1.807, 2.05) is 0 Å². The summed E-state index contributed by atoms with van der Waals surface area (Å²) >= 11 is -1.42. The third-order valence-electron chi connectivity index (χ3n) is 1.75. The Labute approximate surface area is 58.2 Å². The normalized spacial score (nSPS) is 27.8. The van der Waals surface area contributed by atoms with Crippen LogP contribution in [0.4, 0.5) is 0 Å². The average molecular weight is 196 g/mol. The van der Waals surface area contributed by atoms with Crippen molar-refractivity contribution in [2.75, 3.05) is 0 Å². The van der Waals surface area contributed by atoms with Crippen molar-refractivity contribution in [3.8, 4) is 0 Å². The second kappa shape index (κ2) is 2.62. The summed E-state index contributed by atoms with van der Waals surface area (Å²) in [5, 5.41) is 2.78. The first kappa shape index (κ1) is 6.96. The Hall–Kier alpha value is 0.848. The van der Waals surface area contributed by atoms with Crippen LogP contribution in [-0.4, -0.2) is 12.6 Å². The summed E-state index contributed by atoms with van der Waals surface area (Å²) in [6, 6.07) is 0. The molecule has 0 N–H and O–H groups in total. The summed E-state index contributed by atoms with van der Waals surface area (Å²) in [6.45, 7) is 0. The zero-order chi connectivity index (χ0) is 6.04. The van der Waals surface area contributed by atoms with E-state index in [0.29, 0.717) is 0 Å². The maximum absolute atomic E-state index is 6.24. The molecule has 1 rings (SSSR count). The van der Waals surface area contributed by atoms with Crippen LogP contribution >= 0.6 is 9.95 Å². The number of halogens is 1. The molecule has 1 aliphatic rings. The Morgan fingerprint density at radius 2 is 1.62 bits per heavy atom. The molecule has 0 aliphatic carbocycles. The fourth-order valence-corrected chi connectivity index (χ4v) is 6.59. The first-order chi connectivity index (χ1) is 3.71. The van der Waals surface area contributed by atoms with Gasteiger partial charge < -0.3 is 0 Å². The van der Waals surface area contributed by atoms with Crippen molar-refractivity contribution in [1.82, 2.24) is 0 Å². The molecule has 1 aliphatic heterocycles. The van der Waals surface area contributed by atoms with Gasteiger partial charge in [0, 0.05) is 0 Å². The predicted octanol–water partition coefficient (Wildman–Crippen LogP) is 2.98. The van der Waals surface area contributed by atoms with E-state index in [2.05, 4.69) is 5.71 Å². The Morgan fingerprint density at radius 3 is 1.88 bits per heavy atom. The van der Waals surface area contributed by atoms with Gasteiger partial charge in [-0.3, -0.25) is 0 Å². The van der Waals surface area contributed by atoms with Crippen LogP contribution in [0, 0.1) is 0 Å². The van der Waals surface area contributed by atoms with Crippen molar-refractivity contribution in [3.05, 3.63) is 0 Å². The van der Waals surface area contributed by atoms with Crippen LogP contribution < -0.4 is 0 Å². The number of hydrogen-bond donors (Lipinski definition) is 0. The van der Waals surface area contributed by atoms with Gasteiger partial charge in [-0.05, 0) is 0 Å². The first-order valence-electron chi connectivity index (χ1n) is 3.25. The van der Waals surface area contributed by atoms with Crippen LogP contribution in [-0.2, 0) is 0 Å². The molecule has 1 fully saturated rings. The van der Waals surface area contributed by atoms with Gasteiger partial charge in [0.05, 0.1) is 0 Å². The third-order valence-corrected chi connectivity index (χ3v) is 8.75. The van der Waals surface area contributed by atoms with Gasteiger partial charge in [0.1, 0.15) is 0 Å². The molecule has 0 unspecified atom stereocenters. The summed E-state index contributed by atoms with van der Waals surface area (Å²) in [6.07, 6.45) is 4.25. The molecule has 1 saturated heterocycles. The van der Waals surface area contributed by atoms with E-state index in [1.165, 1.54) is 29.7 Å². The first-order valence-corrected chi connectivity index (χ1v) is 10.2. The molecule has 8 heavy (non-hydrogen) atoms. The van der Waals surface area contributed by atoms with E-state index in [9.17, 15) is 0 Å². The van der Waals surface area contributed by atoms with E-state index in [0.717, 1.165) is 0 Å². The van der Waals surface area contributed by atoms with Crippen molar-refractivity contribution in [1.29, 1.82) is 0 Å². The molecule has 1 heterocycles. The second-order valence-electron chi connectivity index (χ2n) is 2.77. The summed E-state index contributed by atoms with van der Waals surface area (Å²) < 4.78 is 0. The topological polar surface area (TPSA) is 0 Å². The molecule has 0 atom stereocenters. The SMILES string of the molecule is C[As+]1(Cl)CCCCC1. The molecule has 0 spiro atoms. The molecule has 0 saturated carbocycles. The van der Waals surface area contributed by atoms with Gasteiger partial charge in [-0.2, -0.15) is 0 Å². The van der Waals surface area contributed by atoms with E-state index in [-0.39, 0.29) is 0 Å². The van der Waals surface area contributed by atoms with Crippen LogP contribution in [0.15, 0.2) is 0 Å². The summed E-state index contributed by atoms with van der Waals surface area (Å²) in [5.74, 6) is 0. The van der Waals surface area contributed by atoms with E-state index in [1.54, 1.807) is 0 Å². The van der Waals surface area contributed by atoms with Crippen molar-refractivity contribution in [2.24, 2.45) is 0 Å². The standard InChI is InChI=1S/C6H13AsCl/c1-7(8)5-3-2-4-6-7/h2-6H2,1H3/q+1. The molecule has 0 aromatic heterocycles. The Kier molecular flexibility index (Phi) is 2.28. The Balaban J connectivity index is 2.33. The van der Waals surface area contributed by atoms with E-state index in [4.69, 9.17) is 9.95 Å². The van der Waals surface area contributed by atoms with Gasteiger partial charge >= 0.3 is 58.0 Å². The van der Waals surface area contributed by atoms with Gasteiger partial charge in [0.25, 0.3) is 0 Å². The predicted molar refractivity (Wildman–Crippen MR) is 40.9 cm³/mol. The maximum atomic E-state index is 6.24. The summed E-state index contributed by atoms with van der Waals surface area (Å²) in [4.78, 5) is 0. The van der Waals surface area contributed by atoms with Crippen molar-refractivity contribution in [3.63, 3.8) is 0 Å². The molecular formula is C6H13AsCl+. The van der Waals surface area contributed by atoms with Crippen molar-refractivity contribution in [2.45, 2.75) is 35.4 Å².